The van der Waals surface area contributed by atoms with Crippen LogP contribution in [0.5, 0.6) is 0 Å². The van der Waals surface area contributed by atoms with Crippen molar-refractivity contribution < 1.29 is 8.42 Å². The molecule has 0 amide bonds. The Hall–Kier alpha value is -1.50. The summed E-state index contributed by atoms with van der Waals surface area (Å²) in [6, 6.07) is 9.60. The highest BCUT2D eigenvalue weighted by atomic mass is 32.2. The molecule has 1 aliphatic rings. The molecule has 0 bridgehead atoms. The second-order valence-electron chi connectivity index (χ2n) is 5.71. The van der Waals surface area contributed by atoms with Crippen molar-refractivity contribution in [3.05, 3.63) is 42.1 Å². The molecule has 1 N–H and O–H groups in total. The first-order valence-corrected chi connectivity index (χ1v) is 9.19. The Bertz CT molecular complexity index is 756. The number of fused-ring (bicyclic) bond motifs is 1. The minimum Gasteiger partial charge on any atom is -0.318 e. The van der Waals surface area contributed by atoms with E-state index in [1.807, 2.05) is 37.4 Å². The predicted molar refractivity (Wildman–Crippen MR) is 88.0 cm³/mol. The van der Waals surface area contributed by atoms with Gasteiger partial charge in [0.25, 0.3) is 0 Å². The SMILES string of the molecule is CNCC1CCCN1S(=O)(=O)Cc1cccc2cccnc12. The lowest BCUT2D eigenvalue weighted by Gasteiger charge is -2.24. The number of hydrogen-bond donors (Lipinski definition) is 1. The van der Waals surface area contributed by atoms with Crippen LogP contribution in [0, 0.1) is 0 Å². The van der Waals surface area contributed by atoms with Crippen LogP contribution in [-0.4, -0.2) is 43.9 Å². The third kappa shape index (κ3) is 2.99. The summed E-state index contributed by atoms with van der Waals surface area (Å²) in [6.45, 7) is 1.32. The average Bonchev–Trinajstić information content (AvgIpc) is 2.97. The zero-order valence-electron chi connectivity index (χ0n) is 12.7. The van der Waals surface area contributed by atoms with E-state index < -0.39 is 10.0 Å². The standard InChI is InChI=1S/C16H21N3O2S/c1-17-11-15-8-4-10-19(15)22(20,21)12-14-6-2-5-13-7-3-9-18-16(13)14/h2-3,5-7,9,15,17H,4,8,10-12H2,1H3. The minimum absolute atomic E-state index is 0.0154. The molecule has 0 spiro atoms. The van der Waals surface area contributed by atoms with Gasteiger partial charge in [-0.15, -0.1) is 0 Å². The van der Waals surface area contributed by atoms with Crippen LogP contribution in [0.15, 0.2) is 36.5 Å². The maximum absolute atomic E-state index is 12.8. The molecule has 2 heterocycles. The monoisotopic (exact) mass is 319 g/mol. The van der Waals surface area contributed by atoms with Gasteiger partial charge in [-0.1, -0.05) is 24.3 Å². The molecule has 118 valence electrons. The molecular formula is C16H21N3O2S. The van der Waals surface area contributed by atoms with E-state index in [1.54, 1.807) is 10.5 Å². The smallest absolute Gasteiger partial charge is 0.218 e. The number of rotatable bonds is 5. The molecular weight excluding hydrogens is 298 g/mol. The van der Waals surface area contributed by atoms with Gasteiger partial charge in [0.2, 0.25) is 10.0 Å². The maximum Gasteiger partial charge on any atom is 0.218 e. The summed E-state index contributed by atoms with van der Waals surface area (Å²) >= 11 is 0. The molecule has 1 saturated heterocycles. The number of nitrogens with zero attached hydrogens (tertiary/aromatic N) is 2. The molecule has 6 heteroatoms. The first-order chi connectivity index (χ1) is 10.6. The largest absolute Gasteiger partial charge is 0.318 e. The van der Waals surface area contributed by atoms with Crippen molar-refractivity contribution >= 4 is 20.9 Å². The van der Waals surface area contributed by atoms with Gasteiger partial charge in [-0.3, -0.25) is 4.98 Å². The van der Waals surface area contributed by atoms with Crippen molar-refractivity contribution in [2.45, 2.75) is 24.6 Å². The first kappa shape index (κ1) is 15.4. The molecule has 0 saturated carbocycles. The predicted octanol–water partition coefficient (Wildman–Crippen LogP) is 1.75. The molecule has 1 aromatic heterocycles. The van der Waals surface area contributed by atoms with E-state index in [2.05, 4.69) is 10.3 Å². The summed E-state index contributed by atoms with van der Waals surface area (Å²) in [5.41, 5.74) is 1.55. The van der Waals surface area contributed by atoms with Crippen LogP contribution in [0.4, 0.5) is 0 Å². The first-order valence-electron chi connectivity index (χ1n) is 7.58. The number of benzene rings is 1. The van der Waals surface area contributed by atoms with Crippen molar-refractivity contribution in [2.24, 2.45) is 0 Å². The van der Waals surface area contributed by atoms with Gasteiger partial charge >= 0.3 is 0 Å². The van der Waals surface area contributed by atoms with Crippen LogP contribution in [-0.2, 0) is 15.8 Å². The summed E-state index contributed by atoms with van der Waals surface area (Å²) < 4.78 is 27.3. The van der Waals surface area contributed by atoms with Gasteiger partial charge < -0.3 is 5.32 Å². The third-order valence-electron chi connectivity index (χ3n) is 4.17. The van der Waals surface area contributed by atoms with Gasteiger partial charge in [0.15, 0.2) is 0 Å². The van der Waals surface area contributed by atoms with Gasteiger partial charge in [-0.05, 0) is 31.5 Å². The van der Waals surface area contributed by atoms with E-state index in [-0.39, 0.29) is 11.8 Å². The molecule has 2 aromatic rings. The summed E-state index contributed by atoms with van der Waals surface area (Å²) in [7, 11) is -1.46. The molecule has 22 heavy (non-hydrogen) atoms. The highest BCUT2D eigenvalue weighted by Crippen LogP contribution is 2.25. The molecule has 1 atom stereocenters. The van der Waals surface area contributed by atoms with E-state index in [4.69, 9.17) is 0 Å². The lowest BCUT2D eigenvalue weighted by Crippen LogP contribution is -2.41. The molecule has 1 aliphatic heterocycles. The van der Waals surface area contributed by atoms with E-state index in [0.717, 1.165) is 29.3 Å². The Labute approximate surface area is 131 Å². The molecule has 5 nitrogen and oxygen atoms in total. The lowest BCUT2D eigenvalue weighted by atomic mass is 10.1. The number of pyridine rings is 1. The van der Waals surface area contributed by atoms with E-state index in [0.29, 0.717) is 13.1 Å². The van der Waals surface area contributed by atoms with Crippen molar-refractivity contribution in [2.75, 3.05) is 20.1 Å². The molecule has 0 radical (unpaired) electrons. The number of para-hydroxylation sites is 1. The lowest BCUT2D eigenvalue weighted by molar-refractivity contribution is 0.378. The average molecular weight is 319 g/mol. The van der Waals surface area contributed by atoms with E-state index in [1.165, 1.54) is 0 Å². The minimum atomic E-state index is -3.32. The van der Waals surface area contributed by atoms with E-state index >= 15 is 0 Å². The Morgan fingerprint density at radius 3 is 2.95 bits per heavy atom. The normalized spacial score (nSPS) is 19.8. The van der Waals surface area contributed by atoms with Crippen LogP contribution in [0.3, 0.4) is 0 Å². The molecule has 1 aromatic carbocycles. The van der Waals surface area contributed by atoms with Crippen LogP contribution in [0.1, 0.15) is 18.4 Å². The topological polar surface area (TPSA) is 62.3 Å². The highest BCUT2D eigenvalue weighted by Gasteiger charge is 2.33. The molecule has 1 fully saturated rings. The van der Waals surface area contributed by atoms with Crippen molar-refractivity contribution in [1.29, 1.82) is 0 Å². The van der Waals surface area contributed by atoms with Crippen molar-refractivity contribution in [3.8, 4) is 0 Å². The quantitative estimate of drug-likeness (QED) is 0.912. The van der Waals surface area contributed by atoms with Gasteiger partial charge in [0.05, 0.1) is 11.3 Å². The van der Waals surface area contributed by atoms with Gasteiger partial charge in [0, 0.05) is 30.7 Å². The van der Waals surface area contributed by atoms with Gasteiger partial charge in [0.1, 0.15) is 0 Å². The Morgan fingerprint density at radius 2 is 2.14 bits per heavy atom. The molecule has 3 rings (SSSR count). The number of sulfonamides is 1. The van der Waals surface area contributed by atoms with Crippen LogP contribution in [0.25, 0.3) is 10.9 Å². The van der Waals surface area contributed by atoms with E-state index in [9.17, 15) is 8.42 Å². The second-order valence-corrected chi connectivity index (χ2v) is 7.63. The fraction of sp³-hybridized carbons (Fsp3) is 0.438. The van der Waals surface area contributed by atoms with Crippen LogP contribution in [0.2, 0.25) is 0 Å². The fourth-order valence-electron chi connectivity index (χ4n) is 3.18. The number of hydrogen-bond acceptors (Lipinski definition) is 4. The summed E-state index contributed by atoms with van der Waals surface area (Å²) in [4.78, 5) is 4.35. The molecule has 1 unspecified atom stereocenters. The maximum atomic E-state index is 12.8. The van der Waals surface area contributed by atoms with Crippen molar-refractivity contribution in [3.63, 3.8) is 0 Å². The van der Waals surface area contributed by atoms with Gasteiger partial charge in [-0.2, -0.15) is 4.31 Å². The zero-order chi connectivity index (χ0) is 15.6. The Morgan fingerprint density at radius 1 is 1.32 bits per heavy atom. The Balaban J connectivity index is 1.90. The Kier molecular flexibility index (Phi) is 4.42. The van der Waals surface area contributed by atoms with Crippen LogP contribution < -0.4 is 5.32 Å². The number of nitrogens with one attached hydrogen (secondary N) is 1. The van der Waals surface area contributed by atoms with Crippen LogP contribution >= 0.6 is 0 Å². The fourth-order valence-corrected chi connectivity index (χ4v) is 5.01. The summed E-state index contributed by atoms with van der Waals surface area (Å²) in [5, 5.41) is 4.06. The second kappa shape index (κ2) is 6.32. The highest BCUT2D eigenvalue weighted by molar-refractivity contribution is 7.88. The zero-order valence-corrected chi connectivity index (χ0v) is 13.5. The molecule has 0 aliphatic carbocycles. The summed E-state index contributed by atoms with van der Waals surface area (Å²) in [6.07, 6.45) is 3.56. The van der Waals surface area contributed by atoms with Crippen molar-refractivity contribution in [1.82, 2.24) is 14.6 Å². The third-order valence-corrected chi connectivity index (χ3v) is 6.05. The number of likely N-dealkylation sites (N-methyl/N-ethyl adjacent to an activating group) is 1. The number of aromatic nitrogens is 1. The summed E-state index contributed by atoms with van der Waals surface area (Å²) in [5.74, 6) is 0.0154. The van der Waals surface area contributed by atoms with Gasteiger partial charge in [-0.25, -0.2) is 8.42 Å².